The summed E-state index contributed by atoms with van der Waals surface area (Å²) in [4.78, 5) is 4.10. The smallest absolute Gasteiger partial charge is 0.116 e. The Morgan fingerprint density at radius 2 is 2.19 bits per heavy atom. The number of nitrogens with zero attached hydrogens (tertiary/aromatic N) is 1. The van der Waals surface area contributed by atoms with Crippen molar-refractivity contribution in [3.05, 3.63) is 30.0 Å². The largest absolute Gasteiger partial charge is 0.508 e. The Hall–Kier alpha value is -1.19. The predicted octanol–water partition coefficient (Wildman–Crippen LogP) is 2.40. The third-order valence-corrected chi connectivity index (χ3v) is 2.08. The molecule has 88 valence electrons. The predicted molar refractivity (Wildman–Crippen MR) is 69.5 cm³/mol. The van der Waals surface area contributed by atoms with Gasteiger partial charge in [0.25, 0.3) is 0 Å². The first-order valence-electron chi connectivity index (χ1n) is 6.66. The zero-order chi connectivity index (χ0) is 14.4. The first-order valence-corrected chi connectivity index (χ1v) is 4.66. The van der Waals surface area contributed by atoms with Crippen LogP contribution in [0.1, 0.15) is 11.0 Å². The van der Waals surface area contributed by atoms with Gasteiger partial charge in [0.15, 0.2) is 0 Å². The van der Waals surface area contributed by atoms with Crippen molar-refractivity contribution < 1.29 is 10.6 Å². The fourth-order valence-electron chi connectivity index (χ4n) is 1.38. The van der Waals surface area contributed by atoms with Crippen LogP contribution in [0.3, 0.4) is 0 Å². The molecule has 0 aliphatic rings. The van der Waals surface area contributed by atoms with Crippen molar-refractivity contribution in [2.24, 2.45) is 0 Å². The van der Waals surface area contributed by atoms with E-state index in [1.807, 2.05) is 0 Å². The number of aromatic nitrogens is 1. The summed E-state index contributed by atoms with van der Waals surface area (Å²) in [6.07, 6.45) is -0.770. The Bertz CT molecular complexity index is 613. The first-order chi connectivity index (χ1) is 8.68. The van der Waals surface area contributed by atoms with Gasteiger partial charge >= 0.3 is 0 Å². The number of nitrogens with one attached hydrogen (secondary N) is 1. The zero-order valence-electron chi connectivity index (χ0n) is 13.1. The monoisotopic (exact) mass is 244 g/mol. The number of halogens is 1. The summed E-state index contributed by atoms with van der Waals surface area (Å²) in [5.41, 5.74) is 0.850. The van der Waals surface area contributed by atoms with Crippen molar-refractivity contribution in [2.75, 3.05) is 20.6 Å². The van der Waals surface area contributed by atoms with Crippen molar-refractivity contribution in [3.8, 4) is 5.75 Å². The van der Waals surface area contributed by atoms with E-state index in [-0.39, 0.29) is 23.7 Å². The number of rotatable bonds is 3. The lowest BCUT2D eigenvalue weighted by Crippen LogP contribution is -2.14. The second kappa shape index (κ2) is 5.23. The molecule has 1 aromatic carbocycles. The SMILES string of the molecule is Cl.[2H]C([2H])(c1c[nH]c2ccc(O)cc12)C([2H])([2H])N(C)C. The molecule has 1 heterocycles. The van der Waals surface area contributed by atoms with Crippen LogP contribution in [-0.4, -0.2) is 35.6 Å². The highest BCUT2D eigenvalue weighted by molar-refractivity contribution is 5.85. The van der Waals surface area contributed by atoms with Crippen LogP contribution < -0.4 is 0 Å². The van der Waals surface area contributed by atoms with Crippen molar-refractivity contribution in [1.82, 2.24) is 9.88 Å². The molecule has 4 heteroatoms. The molecular formula is C12H17ClN2O. The molecule has 2 aromatic rings. The van der Waals surface area contributed by atoms with E-state index in [4.69, 9.17) is 5.48 Å². The fraction of sp³-hybridized carbons (Fsp3) is 0.333. The van der Waals surface area contributed by atoms with E-state index in [1.54, 1.807) is 6.07 Å². The Balaban J connectivity index is 0.00000200. The molecule has 0 aliphatic carbocycles. The van der Waals surface area contributed by atoms with Crippen molar-refractivity contribution in [3.63, 3.8) is 0 Å². The Morgan fingerprint density at radius 3 is 2.88 bits per heavy atom. The second-order valence-electron chi connectivity index (χ2n) is 3.56. The first kappa shape index (κ1) is 7.98. The van der Waals surface area contributed by atoms with E-state index in [9.17, 15) is 5.11 Å². The molecule has 2 N–H and O–H groups in total. The number of aryl methyl sites for hydroxylation is 1. The summed E-state index contributed by atoms with van der Waals surface area (Å²) in [5, 5.41) is 9.99. The average Bonchev–Trinajstić information content (AvgIpc) is 2.71. The summed E-state index contributed by atoms with van der Waals surface area (Å²) in [7, 11) is 2.98. The molecule has 2 rings (SSSR count). The van der Waals surface area contributed by atoms with Gasteiger partial charge in [-0.15, -0.1) is 12.4 Å². The number of aromatic amines is 1. The van der Waals surface area contributed by atoms with Crippen LogP contribution in [0.4, 0.5) is 0 Å². The summed E-state index contributed by atoms with van der Waals surface area (Å²) in [5.74, 6) is 0.0227. The highest BCUT2D eigenvalue weighted by Crippen LogP contribution is 2.23. The van der Waals surface area contributed by atoms with Crippen LogP contribution in [0.15, 0.2) is 24.4 Å². The van der Waals surface area contributed by atoms with E-state index in [0.29, 0.717) is 10.9 Å². The van der Waals surface area contributed by atoms with Gasteiger partial charge < -0.3 is 15.0 Å². The fourth-order valence-corrected chi connectivity index (χ4v) is 1.38. The molecule has 0 radical (unpaired) electrons. The normalized spacial score (nSPS) is 16.2. The van der Waals surface area contributed by atoms with Crippen LogP contribution in [-0.2, 0) is 6.37 Å². The molecule has 0 amide bonds. The van der Waals surface area contributed by atoms with Crippen LogP contribution in [0.25, 0.3) is 10.9 Å². The van der Waals surface area contributed by atoms with E-state index in [0.717, 1.165) is 0 Å². The topological polar surface area (TPSA) is 39.3 Å². The maximum Gasteiger partial charge on any atom is 0.116 e. The van der Waals surface area contributed by atoms with E-state index < -0.39 is 12.9 Å². The number of aromatic hydroxyl groups is 1. The molecule has 0 saturated carbocycles. The van der Waals surface area contributed by atoms with Gasteiger partial charge in [-0.1, -0.05) is 0 Å². The van der Waals surface area contributed by atoms with E-state index >= 15 is 0 Å². The molecule has 0 aliphatic heterocycles. The maximum atomic E-state index is 9.51. The number of H-pyrrole nitrogens is 1. The van der Waals surface area contributed by atoms with E-state index in [1.165, 1.54) is 37.3 Å². The van der Waals surface area contributed by atoms with Crippen LogP contribution in [0, 0.1) is 0 Å². The van der Waals surface area contributed by atoms with Crippen LogP contribution in [0.5, 0.6) is 5.75 Å². The second-order valence-corrected chi connectivity index (χ2v) is 3.56. The summed E-state index contributed by atoms with van der Waals surface area (Å²) >= 11 is 0. The minimum Gasteiger partial charge on any atom is -0.508 e. The Labute approximate surface area is 107 Å². The van der Waals surface area contributed by atoms with Gasteiger partial charge in [0.05, 0.1) is 0 Å². The molecule has 0 atom stereocenters. The van der Waals surface area contributed by atoms with Gasteiger partial charge in [0, 0.05) is 29.1 Å². The van der Waals surface area contributed by atoms with Gasteiger partial charge in [-0.3, -0.25) is 0 Å². The van der Waals surface area contributed by atoms with Gasteiger partial charge in [0.2, 0.25) is 0 Å². The third-order valence-electron chi connectivity index (χ3n) is 2.08. The number of benzene rings is 1. The zero-order valence-corrected chi connectivity index (χ0v) is 9.93. The summed E-state index contributed by atoms with van der Waals surface area (Å²) < 4.78 is 32.1. The van der Waals surface area contributed by atoms with Gasteiger partial charge in [0.1, 0.15) is 5.75 Å². The molecule has 0 spiro atoms. The average molecular weight is 245 g/mol. The molecule has 1 aromatic heterocycles. The number of phenolic OH excluding ortho intramolecular Hbond substituents is 1. The maximum absolute atomic E-state index is 9.51. The number of likely N-dealkylation sites (N-methyl/N-ethyl adjacent to an activating group) is 1. The quantitative estimate of drug-likeness (QED) is 0.871. The number of hydrogen-bond donors (Lipinski definition) is 2. The molecule has 0 fully saturated rings. The lowest BCUT2D eigenvalue weighted by Gasteiger charge is -2.08. The lowest BCUT2D eigenvalue weighted by molar-refractivity contribution is 0.414. The van der Waals surface area contributed by atoms with Crippen molar-refractivity contribution in [1.29, 1.82) is 0 Å². The van der Waals surface area contributed by atoms with Gasteiger partial charge in [-0.2, -0.15) is 0 Å². The van der Waals surface area contributed by atoms with Gasteiger partial charge in [-0.05, 0) is 44.2 Å². The Kier molecular flexibility index (Phi) is 2.61. The summed E-state index contributed by atoms with van der Waals surface area (Å²) in [6.45, 7) is -2.17. The van der Waals surface area contributed by atoms with E-state index in [2.05, 4.69) is 4.98 Å². The molecule has 3 nitrogen and oxygen atoms in total. The minimum absolute atomic E-state index is 0. The molecule has 16 heavy (non-hydrogen) atoms. The number of phenols is 1. The number of hydrogen-bond acceptors (Lipinski definition) is 2. The summed E-state index contributed by atoms with van der Waals surface area (Å²) in [6, 6.07) is 4.57. The highest BCUT2D eigenvalue weighted by atomic mass is 35.5. The molecule has 0 saturated heterocycles. The number of fused-ring (bicyclic) bond motifs is 1. The van der Waals surface area contributed by atoms with Crippen LogP contribution >= 0.6 is 12.4 Å². The standard InChI is InChI=1S/C12H16N2O.ClH/c1-14(2)6-5-9-8-13-12-4-3-10(15)7-11(9)12;/h3-4,7-8,13,15H,5-6H2,1-2H3;1H/i5D2,6D2;. The minimum atomic E-state index is -2.22. The van der Waals surface area contributed by atoms with Crippen molar-refractivity contribution >= 4 is 23.3 Å². The molecule has 0 unspecified atom stereocenters. The van der Waals surface area contributed by atoms with Crippen LogP contribution in [0.2, 0.25) is 0 Å². The lowest BCUT2D eigenvalue weighted by atomic mass is 10.1. The third kappa shape index (κ3) is 2.68. The van der Waals surface area contributed by atoms with Crippen molar-refractivity contribution in [2.45, 2.75) is 6.37 Å². The highest BCUT2D eigenvalue weighted by Gasteiger charge is 2.04. The van der Waals surface area contributed by atoms with Gasteiger partial charge in [-0.25, -0.2) is 0 Å². The Morgan fingerprint density at radius 1 is 1.44 bits per heavy atom. The molecule has 0 bridgehead atoms. The molecular weight excluding hydrogens is 224 g/mol.